The molecule has 4 heterocycles. The van der Waals surface area contributed by atoms with Crippen LogP contribution >= 0.6 is 34.5 Å². The molecule has 0 atom stereocenters. The van der Waals surface area contributed by atoms with E-state index in [0.717, 1.165) is 17.4 Å². The van der Waals surface area contributed by atoms with E-state index in [1.807, 2.05) is 0 Å². The first-order chi connectivity index (χ1) is 18.2. The number of nitrogens with one attached hydrogen (secondary N) is 1. The molecule has 0 radical (unpaired) electrons. The molecule has 0 fully saturated rings. The maximum Gasteiger partial charge on any atom is 0.291 e. The Hall–Kier alpha value is -3.93. The summed E-state index contributed by atoms with van der Waals surface area (Å²) in [6.07, 6.45) is -1.51. The first-order valence-electron chi connectivity index (χ1n) is 10.8. The van der Waals surface area contributed by atoms with Crippen LogP contribution in [0.15, 0.2) is 63.6 Å². The molecule has 0 saturated heterocycles. The van der Waals surface area contributed by atoms with Crippen molar-refractivity contribution in [3.8, 4) is 17.1 Å². The van der Waals surface area contributed by atoms with Gasteiger partial charge in [-0.1, -0.05) is 29.3 Å². The van der Waals surface area contributed by atoms with Gasteiger partial charge in [0.25, 0.3) is 18.2 Å². The summed E-state index contributed by atoms with van der Waals surface area (Å²) in [6, 6.07) is 12.1. The first kappa shape index (κ1) is 25.7. The van der Waals surface area contributed by atoms with Crippen molar-refractivity contribution in [1.82, 2.24) is 4.98 Å². The lowest BCUT2D eigenvalue weighted by molar-refractivity contribution is 0.0992. The van der Waals surface area contributed by atoms with Crippen molar-refractivity contribution >= 4 is 62.3 Å². The van der Waals surface area contributed by atoms with Crippen molar-refractivity contribution in [1.29, 1.82) is 0 Å². The van der Waals surface area contributed by atoms with Gasteiger partial charge >= 0.3 is 0 Å². The van der Waals surface area contributed by atoms with E-state index >= 15 is 0 Å². The highest BCUT2D eigenvalue weighted by Crippen LogP contribution is 2.42. The lowest BCUT2D eigenvalue weighted by Gasteiger charge is -2.09. The Labute approximate surface area is 226 Å². The SMILES string of the molecule is NC(=O)c1sc2nc(C(F)F)cc(-c3ccco3)c2c1NC(=O)c1ccc(COc2cccc(Cl)c2Cl)o1. The summed E-state index contributed by atoms with van der Waals surface area (Å²) in [5.74, 6) is -0.829. The molecular weight excluding hydrogens is 563 g/mol. The second kappa shape index (κ2) is 10.4. The fourth-order valence-electron chi connectivity index (χ4n) is 3.65. The number of nitrogens with zero attached hydrogens (tertiary/aromatic N) is 1. The maximum absolute atomic E-state index is 13.5. The van der Waals surface area contributed by atoms with Crippen molar-refractivity contribution in [3.63, 3.8) is 0 Å². The number of carbonyl (C=O) groups is 2. The number of hydrogen-bond acceptors (Lipinski definition) is 7. The summed E-state index contributed by atoms with van der Waals surface area (Å²) in [5.41, 5.74) is 5.23. The monoisotopic (exact) mass is 577 g/mol. The summed E-state index contributed by atoms with van der Waals surface area (Å²) in [4.78, 5) is 29.3. The number of carbonyl (C=O) groups excluding carboxylic acids is 2. The quantitative estimate of drug-likeness (QED) is 0.199. The normalized spacial score (nSPS) is 11.3. The largest absolute Gasteiger partial charge is 0.484 e. The number of thiophene rings is 1. The van der Waals surface area contributed by atoms with E-state index in [2.05, 4.69) is 10.3 Å². The van der Waals surface area contributed by atoms with E-state index in [9.17, 15) is 18.4 Å². The fraction of sp³-hybridized carbons (Fsp3) is 0.0800. The number of alkyl halides is 2. The molecular formula is C25H15Cl2F2N3O5S. The average molecular weight is 578 g/mol. The van der Waals surface area contributed by atoms with E-state index in [1.165, 1.54) is 18.4 Å². The Bertz CT molecular complexity index is 1670. The van der Waals surface area contributed by atoms with Crippen LogP contribution in [0.5, 0.6) is 5.75 Å². The summed E-state index contributed by atoms with van der Waals surface area (Å²) in [7, 11) is 0. The lowest BCUT2D eigenvalue weighted by atomic mass is 10.1. The highest BCUT2D eigenvalue weighted by Gasteiger charge is 2.26. The van der Waals surface area contributed by atoms with Crippen LogP contribution in [0.1, 0.15) is 38.1 Å². The molecule has 0 aliphatic rings. The number of pyridine rings is 1. The summed E-state index contributed by atoms with van der Waals surface area (Å²) in [6.45, 7) is -0.0514. The summed E-state index contributed by atoms with van der Waals surface area (Å²) in [5, 5.41) is 3.39. The third-order valence-corrected chi connectivity index (χ3v) is 7.23. The number of fused-ring (bicyclic) bond motifs is 1. The standard InChI is InChI=1S/C25H15Cl2F2N3O5S/c26-13-3-1-4-16(19(13)27)36-10-11-6-7-17(37-11)24(34)32-20-18-12(15-5-2-8-35-15)9-14(22(28)29)31-25(18)38-21(20)23(30)33/h1-9,22H,10H2,(H2,30,33)(H,32,34). The van der Waals surface area contributed by atoms with Gasteiger partial charge in [0.1, 0.15) is 44.3 Å². The zero-order valence-electron chi connectivity index (χ0n) is 19.0. The number of benzene rings is 1. The number of nitrogens with two attached hydrogens (primary N) is 1. The molecule has 8 nitrogen and oxygen atoms in total. The number of primary amides is 1. The van der Waals surface area contributed by atoms with Crippen molar-refractivity contribution in [2.24, 2.45) is 5.73 Å². The van der Waals surface area contributed by atoms with Crippen molar-refractivity contribution in [3.05, 3.63) is 86.9 Å². The van der Waals surface area contributed by atoms with Gasteiger partial charge in [-0.25, -0.2) is 13.8 Å². The minimum absolute atomic E-state index is 0.00197. The Morgan fingerprint density at radius 3 is 2.68 bits per heavy atom. The van der Waals surface area contributed by atoms with Gasteiger partial charge in [0.05, 0.1) is 17.0 Å². The second-order valence-electron chi connectivity index (χ2n) is 7.78. The molecule has 0 spiro atoms. The van der Waals surface area contributed by atoms with Gasteiger partial charge in [-0.15, -0.1) is 11.3 Å². The van der Waals surface area contributed by atoms with Gasteiger partial charge in [0, 0.05) is 10.9 Å². The number of amides is 2. The molecule has 0 unspecified atom stereocenters. The van der Waals surface area contributed by atoms with Crippen LogP contribution in [0, 0.1) is 0 Å². The molecule has 5 aromatic rings. The zero-order chi connectivity index (χ0) is 27.0. The smallest absolute Gasteiger partial charge is 0.291 e. The lowest BCUT2D eigenvalue weighted by Crippen LogP contribution is -2.16. The van der Waals surface area contributed by atoms with Gasteiger partial charge in [-0.05, 0) is 42.5 Å². The Morgan fingerprint density at radius 2 is 1.97 bits per heavy atom. The predicted octanol–water partition coefficient (Wildman–Crippen LogP) is 7.32. The zero-order valence-corrected chi connectivity index (χ0v) is 21.3. The van der Waals surface area contributed by atoms with Gasteiger partial charge in [-0.3, -0.25) is 9.59 Å². The number of ether oxygens (including phenoxy) is 1. The molecule has 0 saturated carbocycles. The Kier molecular flexibility index (Phi) is 7.06. The average Bonchev–Trinajstić information content (AvgIpc) is 3.65. The number of anilines is 1. The minimum Gasteiger partial charge on any atom is -0.484 e. The highest BCUT2D eigenvalue weighted by molar-refractivity contribution is 7.21. The highest BCUT2D eigenvalue weighted by atomic mass is 35.5. The third kappa shape index (κ3) is 4.95. The molecule has 5 rings (SSSR count). The van der Waals surface area contributed by atoms with Gasteiger partial charge in [-0.2, -0.15) is 0 Å². The maximum atomic E-state index is 13.5. The second-order valence-corrected chi connectivity index (χ2v) is 9.57. The van der Waals surface area contributed by atoms with Crippen molar-refractivity contribution in [2.75, 3.05) is 5.32 Å². The Balaban J connectivity index is 1.47. The number of hydrogen-bond donors (Lipinski definition) is 2. The number of halogens is 4. The molecule has 194 valence electrons. The number of furan rings is 2. The van der Waals surface area contributed by atoms with Crippen LogP contribution in [0.2, 0.25) is 10.0 Å². The van der Waals surface area contributed by atoms with Crippen LogP contribution in [0.4, 0.5) is 14.5 Å². The van der Waals surface area contributed by atoms with Gasteiger partial charge in [0.2, 0.25) is 0 Å². The molecule has 2 amide bonds. The molecule has 0 aliphatic heterocycles. The predicted molar refractivity (Wildman–Crippen MR) is 138 cm³/mol. The van der Waals surface area contributed by atoms with Crippen LogP contribution < -0.4 is 15.8 Å². The van der Waals surface area contributed by atoms with E-state index in [4.69, 9.17) is 42.5 Å². The van der Waals surface area contributed by atoms with E-state index in [1.54, 1.807) is 30.3 Å². The number of aromatic nitrogens is 1. The first-order valence-corrected chi connectivity index (χ1v) is 12.4. The topological polar surface area (TPSA) is 121 Å². The van der Waals surface area contributed by atoms with E-state index in [-0.39, 0.29) is 49.5 Å². The Morgan fingerprint density at radius 1 is 1.16 bits per heavy atom. The third-order valence-electron chi connectivity index (χ3n) is 5.33. The van der Waals surface area contributed by atoms with Crippen molar-refractivity contribution < 1.29 is 31.9 Å². The van der Waals surface area contributed by atoms with Crippen molar-refractivity contribution in [2.45, 2.75) is 13.0 Å². The summed E-state index contributed by atoms with van der Waals surface area (Å²) < 4.78 is 43.7. The molecule has 0 aliphatic carbocycles. The number of rotatable bonds is 8. The molecule has 4 aromatic heterocycles. The fourth-order valence-corrected chi connectivity index (χ4v) is 5.01. The van der Waals surface area contributed by atoms with E-state index < -0.39 is 23.9 Å². The van der Waals surface area contributed by atoms with Gasteiger partial charge < -0.3 is 24.6 Å². The molecule has 1 aromatic carbocycles. The molecule has 13 heteroatoms. The van der Waals surface area contributed by atoms with Crippen LogP contribution in [-0.4, -0.2) is 16.8 Å². The van der Waals surface area contributed by atoms with Gasteiger partial charge in [0.15, 0.2) is 5.76 Å². The molecule has 38 heavy (non-hydrogen) atoms. The minimum atomic E-state index is -2.88. The van der Waals surface area contributed by atoms with E-state index in [0.29, 0.717) is 16.5 Å². The van der Waals surface area contributed by atoms with Crippen LogP contribution in [0.25, 0.3) is 21.5 Å². The molecule has 3 N–H and O–H groups in total. The van der Waals surface area contributed by atoms with Crippen LogP contribution in [0.3, 0.4) is 0 Å². The summed E-state index contributed by atoms with van der Waals surface area (Å²) >= 11 is 12.9. The van der Waals surface area contributed by atoms with Crippen LogP contribution in [-0.2, 0) is 6.61 Å². The molecule has 0 bridgehead atoms.